The van der Waals surface area contributed by atoms with Crippen molar-refractivity contribution in [1.29, 1.82) is 0 Å². The third kappa shape index (κ3) is 4.95. The lowest BCUT2D eigenvalue weighted by atomic mass is 9.99. The molecule has 0 unspecified atom stereocenters. The minimum Gasteiger partial charge on any atom is -0.482 e. The predicted octanol–water partition coefficient (Wildman–Crippen LogP) is 6.02. The van der Waals surface area contributed by atoms with E-state index in [0.29, 0.717) is 16.5 Å². The Kier molecular flexibility index (Phi) is 6.69. The number of carbonyl (C=O) groups excluding carboxylic acids is 2. The SMILES string of the molecule is CCOC(=O)CN1C(=O)COc2ccc(-c3cc(-c4ccccc4)cc(-c4ccc(Cl)cc4)n3)cc21. The second-order valence-corrected chi connectivity index (χ2v) is 8.69. The van der Waals surface area contributed by atoms with Crippen LogP contribution in [0.4, 0.5) is 5.69 Å². The van der Waals surface area contributed by atoms with Crippen molar-refractivity contribution in [2.75, 3.05) is 24.7 Å². The lowest BCUT2D eigenvalue weighted by Crippen LogP contribution is -2.42. The summed E-state index contributed by atoms with van der Waals surface area (Å²) in [6.07, 6.45) is 0. The van der Waals surface area contributed by atoms with E-state index >= 15 is 0 Å². The fourth-order valence-electron chi connectivity index (χ4n) is 4.11. The zero-order chi connectivity index (χ0) is 25.1. The van der Waals surface area contributed by atoms with Gasteiger partial charge in [-0.15, -0.1) is 0 Å². The first-order valence-electron chi connectivity index (χ1n) is 11.6. The summed E-state index contributed by atoms with van der Waals surface area (Å²) < 4.78 is 10.7. The quantitative estimate of drug-likeness (QED) is 0.304. The van der Waals surface area contributed by atoms with E-state index in [-0.39, 0.29) is 25.7 Å². The van der Waals surface area contributed by atoms with Crippen molar-refractivity contribution in [1.82, 2.24) is 4.98 Å². The van der Waals surface area contributed by atoms with Gasteiger partial charge in [0.15, 0.2) is 6.61 Å². The predicted molar refractivity (Wildman–Crippen MR) is 140 cm³/mol. The van der Waals surface area contributed by atoms with Crippen LogP contribution in [0.15, 0.2) is 84.9 Å². The molecule has 0 saturated heterocycles. The van der Waals surface area contributed by atoms with Crippen LogP contribution in [-0.2, 0) is 14.3 Å². The van der Waals surface area contributed by atoms with E-state index < -0.39 is 5.97 Å². The van der Waals surface area contributed by atoms with Gasteiger partial charge in [-0.25, -0.2) is 4.98 Å². The van der Waals surface area contributed by atoms with E-state index in [4.69, 9.17) is 26.1 Å². The van der Waals surface area contributed by atoms with Crippen LogP contribution in [-0.4, -0.2) is 36.6 Å². The normalized spacial score (nSPS) is 12.6. The summed E-state index contributed by atoms with van der Waals surface area (Å²) in [6, 6.07) is 27.2. The minimum atomic E-state index is -0.474. The standard InChI is InChI=1S/C29H23ClN2O4/c1-2-35-29(34)17-32-26-16-21(10-13-27(26)36-18-28(32)33)25-15-22(19-6-4-3-5-7-19)14-24(31-25)20-8-11-23(30)12-9-20/h3-16H,2,17-18H2,1H3. The van der Waals surface area contributed by atoms with Crippen molar-refractivity contribution in [3.63, 3.8) is 0 Å². The van der Waals surface area contributed by atoms with E-state index in [1.807, 2.05) is 78.9 Å². The van der Waals surface area contributed by atoms with Gasteiger partial charge in [-0.3, -0.25) is 14.5 Å². The molecule has 7 heteroatoms. The van der Waals surface area contributed by atoms with Gasteiger partial charge in [0.05, 0.1) is 23.7 Å². The fourth-order valence-corrected chi connectivity index (χ4v) is 4.24. The number of amides is 1. The van der Waals surface area contributed by atoms with Crippen molar-refractivity contribution < 1.29 is 19.1 Å². The van der Waals surface area contributed by atoms with Crippen LogP contribution in [0.25, 0.3) is 33.6 Å². The summed E-state index contributed by atoms with van der Waals surface area (Å²) in [5.74, 6) is -0.251. The van der Waals surface area contributed by atoms with Crippen molar-refractivity contribution in [3.8, 4) is 39.4 Å². The number of benzene rings is 3. The monoisotopic (exact) mass is 498 g/mol. The molecule has 5 rings (SSSR count). The Morgan fingerprint density at radius 2 is 1.61 bits per heavy atom. The number of hydrogen-bond acceptors (Lipinski definition) is 5. The number of carbonyl (C=O) groups is 2. The molecule has 1 aliphatic rings. The molecule has 0 spiro atoms. The molecule has 3 aromatic carbocycles. The first-order valence-corrected chi connectivity index (χ1v) is 12.0. The fraction of sp³-hybridized carbons (Fsp3) is 0.138. The Bertz CT molecular complexity index is 1420. The van der Waals surface area contributed by atoms with Crippen molar-refractivity contribution in [2.24, 2.45) is 0 Å². The summed E-state index contributed by atoms with van der Waals surface area (Å²) in [7, 11) is 0. The Morgan fingerprint density at radius 3 is 2.33 bits per heavy atom. The Hall–Kier alpha value is -4.16. The second kappa shape index (κ2) is 10.2. The molecule has 0 atom stereocenters. The molecule has 0 N–H and O–H groups in total. The Labute approximate surface area is 214 Å². The van der Waals surface area contributed by atoms with E-state index in [1.165, 1.54) is 4.90 Å². The summed E-state index contributed by atoms with van der Waals surface area (Å²) in [5, 5.41) is 0.652. The van der Waals surface area contributed by atoms with Crippen LogP contribution >= 0.6 is 11.6 Å². The van der Waals surface area contributed by atoms with E-state index in [2.05, 4.69) is 0 Å². The molecule has 2 heterocycles. The molecular weight excluding hydrogens is 476 g/mol. The maximum absolute atomic E-state index is 12.6. The minimum absolute atomic E-state index is 0.131. The first kappa shape index (κ1) is 23.6. The topological polar surface area (TPSA) is 68.7 Å². The Balaban J connectivity index is 1.61. The molecule has 36 heavy (non-hydrogen) atoms. The molecule has 0 aliphatic carbocycles. The average Bonchev–Trinajstić information content (AvgIpc) is 2.91. The highest BCUT2D eigenvalue weighted by atomic mass is 35.5. The van der Waals surface area contributed by atoms with Gasteiger partial charge >= 0.3 is 5.97 Å². The highest BCUT2D eigenvalue weighted by Gasteiger charge is 2.28. The maximum Gasteiger partial charge on any atom is 0.326 e. The number of ether oxygens (including phenoxy) is 2. The van der Waals surface area contributed by atoms with E-state index in [1.54, 1.807) is 13.0 Å². The molecule has 1 aliphatic heterocycles. The van der Waals surface area contributed by atoms with E-state index in [0.717, 1.165) is 33.6 Å². The smallest absolute Gasteiger partial charge is 0.326 e. The number of aromatic nitrogens is 1. The van der Waals surface area contributed by atoms with Gasteiger partial charge in [-0.1, -0.05) is 54.1 Å². The number of halogens is 1. The molecule has 180 valence electrons. The number of pyridine rings is 1. The Morgan fingerprint density at radius 1 is 0.917 bits per heavy atom. The van der Waals surface area contributed by atoms with Crippen molar-refractivity contribution >= 4 is 29.2 Å². The van der Waals surface area contributed by atoms with Crippen LogP contribution in [0.3, 0.4) is 0 Å². The van der Waals surface area contributed by atoms with Crippen LogP contribution in [0, 0.1) is 0 Å². The molecule has 0 saturated carbocycles. The van der Waals surface area contributed by atoms with Crippen molar-refractivity contribution in [3.05, 3.63) is 90.0 Å². The largest absolute Gasteiger partial charge is 0.482 e. The number of hydrogen-bond donors (Lipinski definition) is 0. The van der Waals surface area contributed by atoms with Gasteiger partial charge in [0.2, 0.25) is 0 Å². The van der Waals surface area contributed by atoms with Crippen LogP contribution in [0.2, 0.25) is 5.02 Å². The molecule has 0 bridgehead atoms. The summed E-state index contributed by atoms with van der Waals surface area (Å²) >= 11 is 6.10. The lowest BCUT2D eigenvalue weighted by Gasteiger charge is -2.29. The van der Waals surface area contributed by atoms with Gasteiger partial charge in [0, 0.05) is 16.1 Å². The second-order valence-electron chi connectivity index (χ2n) is 8.26. The number of nitrogens with zero attached hydrogens (tertiary/aromatic N) is 2. The number of rotatable bonds is 6. The van der Waals surface area contributed by atoms with Gasteiger partial charge in [-0.2, -0.15) is 0 Å². The molecule has 4 aromatic rings. The van der Waals surface area contributed by atoms with Gasteiger partial charge in [0.1, 0.15) is 12.3 Å². The molecule has 0 radical (unpaired) electrons. The summed E-state index contributed by atoms with van der Waals surface area (Å²) in [4.78, 5) is 31.1. The van der Waals surface area contributed by atoms with Crippen LogP contribution < -0.4 is 9.64 Å². The number of fused-ring (bicyclic) bond motifs is 1. The van der Waals surface area contributed by atoms with Crippen LogP contribution in [0.5, 0.6) is 5.75 Å². The van der Waals surface area contributed by atoms with Gasteiger partial charge in [0.25, 0.3) is 5.91 Å². The average molecular weight is 499 g/mol. The van der Waals surface area contributed by atoms with Crippen molar-refractivity contribution in [2.45, 2.75) is 6.92 Å². The molecule has 1 aromatic heterocycles. The molecule has 1 amide bonds. The first-order chi connectivity index (χ1) is 17.5. The van der Waals surface area contributed by atoms with E-state index in [9.17, 15) is 9.59 Å². The summed E-state index contributed by atoms with van der Waals surface area (Å²) in [5.41, 5.74) is 5.79. The third-order valence-corrected chi connectivity index (χ3v) is 6.11. The number of anilines is 1. The highest BCUT2D eigenvalue weighted by Crippen LogP contribution is 2.37. The number of esters is 1. The van der Waals surface area contributed by atoms with Gasteiger partial charge < -0.3 is 9.47 Å². The highest BCUT2D eigenvalue weighted by molar-refractivity contribution is 6.30. The van der Waals surface area contributed by atoms with Gasteiger partial charge in [-0.05, 0) is 60.5 Å². The third-order valence-electron chi connectivity index (χ3n) is 5.86. The molecule has 6 nitrogen and oxygen atoms in total. The summed E-state index contributed by atoms with van der Waals surface area (Å²) in [6.45, 7) is 1.66. The zero-order valence-electron chi connectivity index (χ0n) is 19.6. The maximum atomic E-state index is 12.6. The molecule has 0 fully saturated rings. The zero-order valence-corrected chi connectivity index (χ0v) is 20.4. The lowest BCUT2D eigenvalue weighted by molar-refractivity contribution is -0.142. The van der Waals surface area contributed by atoms with Crippen LogP contribution in [0.1, 0.15) is 6.92 Å². The molecular formula is C29H23ClN2O4.